The van der Waals surface area contributed by atoms with E-state index in [-0.39, 0.29) is 0 Å². The van der Waals surface area contributed by atoms with Crippen molar-refractivity contribution < 1.29 is 4.21 Å². The molecule has 0 aromatic heterocycles. The van der Waals surface area contributed by atoms with Gasteiger partial charge in [0, 0.05) is 22.3 Å². The summed E-state index contributed by atoms with van der Waals surface area (Å²) in [6, 6.07) is 0. The second-order valence-corrected chi connectivity index (χ2v) is 5.54. The Kier molecular flexibility index (Phi) is 3.11. The van der Waals surface area contributed by atoms with E-state index in [9.17, 15) is 4.21 Å². The fraction of sp³-hybridized carbons (Fsp3) is 1.00. The van der Waals surface area contributed by atoms with Crippen molar-refractivity contribution in [3.05, 3.63) is 0 Å². The molecule has 4 atom stereocenters. The van der Waals surface area contributed by atoms with Gasteiger partial charge in [0.05, 0.1) is 0 Å². The molecule has 0 aliphatic heterocycles. The van der Waals surface area contributed by atoms with Crippen LogP contribution in [0.15, 0.2) is 0 Å². The van der Waals surface area contributed by atoms with Gasteiger partial charge in [-0.2, -0.15) is 0 Å². The van der Waals surface area contributed by atoms with Crippen LogP contribution in [-0.2, 0) is 10.8 Å². The van der Waals surface area contributed by atoms with Crippen molar-refractivity contribution in [1.29, 1.82) is 0 Å². The molecule has 0 spiro atoms. The van der Waals surface area contributed by atoms with Crippen LogP contribution in [0.2, 0.25) is 0 Å². The average molecular weight is 174 g/mol. The van der Waals surface area contributed by atoms with Crippen molar-refractivity contribution in [1.82, 2.24) is 0 Å². The maximum absolute atomic E-state index is 11.3. The van der Waals surface area contributed by atoms with Gasteiger partial charge in [0.1, 0.15) is 0 Å². The first-order chi connectivity index (χ1) is 5.11. The van der Waals surface area contributed by atoms with Gasteiger partial charge in [-0.25, -0.2) is 0 Å². The van der Waals surface area contributed by atoms with Gasteiger partial charge in [-0.15, -0.1) is 0 Å². The molecule has 1 nitrogen and oxygen atoms in total. The first-order valence-electron chi connectivity index (χ1n) is 4.43. The molecule has 1 fully saturated rings. The summed E-state index contributed by atoms with van der Waals surface area (Å²) in [6.45, 7) is 4.50. The number of hydrogen-bond donors (Lipinski definition) is 0. The molecule has 0 amide bonds. The molecule has 0 bridgehead atoms. The maximum Gasteiger partial charge on any atom is 0.0373 e. The maximum atomic E-state index is 11.3. The van der Waals surface area contributed by atoms with Gasteiger partial charge in [-0.05, 0) is 24.7 Å². The minimum absolute atomic E-state index is 0.471. The fourth-order valence-electron chi connectivity index (χ4n) is 1.94. The summed E-state index contributed by atoms with van der Waals surface area (Å²) in [6.07, 6.45) is 5.61. The molecule has 0 heterocycles. The third kappa shape index (κ3) is 2.29. The molecular formula is C9H18OS. The first-order valence-corrected chi connectivity index (χ1v) is 6.05. The van der Waals surface area contributed by atoms with Crippen LogP contribution in [0.5, 0.6) is 0 Å². The lowest BCUT2D eigenvalue weighted by Gasteiger charge is -2.30. The molecule has 1 aliphatic rings. The summed E-state index contributed by atoms with van der Waals surface area (Å²) in [4.78, 5) is 0. The Labute approximate surface area is 72.0 Å². The number of rotatable bonds is 1. The van der Waals surface area contributed by atoms with Gasteiger partial charge in [-0.3, -0.25) is 4.21 Å². The van der Waals surface area contributed by atoms with E-state index in [1.807, 2.05) is 6.26 Å². The van der Waals surface area contributed by atoms with E-state index in [1.54, 1.807) is 0 Å². The van der Waals surface area contributed by atoms with Crippen LogP contribution < -0.4 is 0 Å². The van der Waals surface area contributed by atoms with E-state index in [4.69, 9.17) is 0 Å². The van der Waals surface area contributed by atoms with Crippen molar-refractivity contribution in [2.45, 2.75) is 38.4 Å². The van der Waals surface area contributed by atoms with Crippen LogP contribution in [0.4, 0.5) is 0 Å². The zero-order valence-corrected chi connectivity index (χ0v) is 8.49. The summed E-state index contributed by atoms with van der Waals surface area (Å²) in [7, 11) is -0.603. The lowest BCUT2D eigenvalue weighted by molar-refractivity contribution is 0.314. The minimum atomic E-state index is -0.603. The highest BCUT2D eigenvalue weighted by Gasteiger charge is 2.27. The molecule has 0 aromatic rings. The Morgan fingerprint density at radius 1 is 1.27 bits per heavy atom. The van der Waals surface area contributed by atoms with E-state index in [1.165, 1.54) is 19.3 Å². The van der Waals surface area contributed by atoms with E-state index in [0.717, 1.165) is 5.92 Å². The van der Waals surface area contributed by atoms with Crippen molar-refractivity contribution in [2.75, 3.05) is 6.26 Å². The van der Waals surface area contributed by atoms with Gasteiger partial charge in [-0.1, -0.05) is 20.3 Å². The summed E-state index contributed by atoms with van der Waals surface area (Å²) in [5.41, 5.74) is 0. The monoisotopic (exact) mass is 174 g/mol. The lowest BCUT2D eigenvalue weighted by atomic mass is 9.84. The fourth-order valence-corrected chi connectivity index (χ4v) is 3.33. The molecule has 2 heteroatoms. The second kappa shape index (κ2) is 3.70. The molecule has 66 valence electrons. The topological polar surface area (TPSA) is 17.1 Å². The predicted octanol–water partition coefficient (Wildman–Crippen LogP) is 2.19. The molecular weight excluding hydrogens is 156 g/mol. The van der Waals surface area contributed by atoms with Crippen LogP contribution >= 0.6 is 0 Å². The Bertz CT molecular complexity index is 156. The molecule has 1 aliphatic carbocycles. The number of hydrogen-bond acceptors (Lipinski definition) is 1. The normalized spacial score (nSPS) is 41.9. The van der Waals surface area contributed by atoms with Gasteiger partial charge in [0.2, 0.25) is 0 Å². The quantitative estimate of drug-likeness (QED) is 0.595. The molecule has 4 unspecified atom stereocenters. The van der Waals surface area contributed by atoms with Crippen molar-refractivity contribution >= 4 is 10.8 Å². The van der Waals surface area contributed by atoms with Crippen LogP contribution in [-0.4, -0.2) is 15.7 Å². The van der Waals surface area contributed by atoms with Crippen LogP contribution in [0.3, 0.4) is 0 Å². The second-order valence-electron chi connectivity index (χ2n) is 3.93. The summed E-state index contributed by atoms with van der Waals surface area (Å²) < 4.78 is 11.3. The van der Waals surface area contributed by atoms with E-state index < -0.39 is 10.8 Å². The predicted molar refractivity (Wildman–Crippen MR) is 50.0 cm³/mol. The smallest absolute Gasteiger partial charge is 0.0373 e. The highest BCUT2D eigenvalue weighted by molar-refractivity contribution is 7.84. The molecule has 1 rings (SSSR count). The molecule has 0 aromatic carbocycles. The summed E-state index contributed by atoms with van der Waals surface area (Å²) >= 11 is 0. The Balaban J connectivity index is 2.54. The lowest BCUT2D eigenvalue weighted by Crippen LogP contribution is -2.29. The summed E-state index contributed by atoms with van der Waals surface area (Å²) in [5.74, 6) is 1.47. The Morgan fingerprint density at radius 3 is 2.36 bits per heavy atom. The van der Waals surface area contributed by atoms with Gasteiger partial charge in [0.25, 0.3) is 0 Å². The summed E-state index contributed by atoms with van der Waals surface area (Å²) in [5, 5.41) is 0.471. The third-order valence-electron chi connectivity index (χ3n) is 2.81. The van der Waals surface area contributed by atoms with Crippen LogP contribution in [0, 0.1) is 11.8 Å². The van der Waals surface area contributed by atoms with Crippen molar-refractivity contribution in [2.24, 2.45) is 11.8 Å². The third-order valence-corrected chi connectivity index (χ3v) is 4.32. The highest BCUT2D eigenvalue weighted by Crippen LogP contribution is 2.31. The van der Waals surface area contributed by atoms with Crippen molar-refractivity contribution in [3.63, 3.8) is 0 Å². The minimum Gasteiger partial charge on any atom is -0.260 e. The SMILES string of the molecule is CC1CCC(C)C(S(C)=O)C1. The van der Waals surface area contributed by atoms with Crippen LogP contribution in [0.25, 0.3) is 0 Å². The molecule has 1 saturated carbocycles. The van der Waals surface area contributed by atoms with Gasteiger partial charge >= 0.3 is 0 Å². The van der Waals surface area contributed by atoms with Crippen molar-refractivity contribution in [3.8, 4) is 0 Å². The van der Waals surface area contributed by atoms with Crippen LogP contribution in [0.1, 0.15) is 33.1 Å². The largest absolute Gasteiger partial charge is 0.260 e. The highest BCUT2D eigenvalue weighted by atomic mass is 32.2. The standard InChI is InChI=1S/C9H18OS/c1-7-4-5-8(2)9(6-7)11(3)10/h7-9H,4-6H2,1-3H3. The Morgan fingerprint density at radius 2 is 1.91 bits per heavy atom. The molecule has 11 heavy (non-hydrogen) atoms. The zero-order chi connectivity index (χ0) is 8.43. The van der Waals surface area contributed by atoms with E-state index in [2.05, 4.69) is 13.8 Å². The first kappa shape index (κ1) is 9.24. The van der Waals surface area contributed by atoms with E-state index >= 15 is 0 Å². The molecule has 0 N–H and O–H groups in total. The Hall–Kier alpha value is 0.150. The zero-order valence-electron chi connectivity index (χ0n) is 7.67. The molecule has 0 radical (unpaired) electrons. The van der Waals surface area contributed by atoms with E-state index in [0.29, 0.717) is 11.2 Å². The molecule has 0 saturated heterocycles. The van der Waals surface area contributed by atoms with Gasteiger partial charge < -0.3 is 0 Å². The average Bonchev–Trinajstić information content (AvgIpc) is 1.94. The van der Waals surface area contributed by atoms with Gasteiger partial charge in [0.15, 0.2) is 0 Å².